The number of hydrogen-bond acceptors (Lipinski definition) is 4. The van der Waals surface area contributed by atoms with Crippen molar-refractivity contribution in [3.05, 3.63) is 57.0 Å². The summed E-state index contributed by atoms with van der Waals surface area (Å²) in [6.07, 6.45) is 0. The highest BCUT2D eigenvalue weighted by Gasteiger charge is 2.11. The molecule has 0 aromatic heterocycles. The van der Waals surface area contributed by atoms with Crippen LogP contribution in [0, 0.1) is 0 Å². The van der Waals surface area contributed by atoms with Crippen molar-refractivity contribution in [1.82, 2.24) is 10.2 Å². The molecule has 0 atom stereocenters. The van der Waals surface area contributed by atoms with E-state index < -0.39 is 0 Å². The number of rotatable bonds is 10. The topological polar surface area (TPSA) is 33.7 Å². The summed E-state index contributed by atoms with van der Waals surface area (Å²) in [5.41, 5.74) is 2.16. The minimum Gasteiger partial charge on any atom is -0.490 e. The minimum atomic E-state index is 0.438. The largest absolute Gasteiger partial charge is 0.490 e. The molecule has 0 amide bonds. The van der Waals surface area contributed by atoms with Gasteiger partial charge in [-0.05, 0) is 56.4 Å². The lowest BCUT2D eigenvalue weighted by atomic mass is 10.2. The highest BCUT2D eigenvalue weighted by atomic mass is 79.9. The number of likely N-dealkylation sites (N-methyl/N-ethyl adjacent to an activating group) is 1. The maximum absolute atomic E-state index is 6.04. The molecule has 0 unspecified atom stereocenters. The van der Waals surface area contributed by atoms with E-state index in [4.69, 9.17) is 21.1 Å². The first-order valence-corrected chi connectivity index (χ1v) is 9.84. The number of ether oxygens (including phenoxy) is 2. The Morgan fingerprint density at radius 1 is 1.12 bits per heavy atom. The van der Waals surface area contributed by atoms with Crippen LogP contribution in [0.2, 0.25) is 5.02 Å². The van der Waals surface area contributed by atoms with Gasteiger partial charge < -0.3 is 19.7 Å². The molecule has 2 aromatic rings. The van der Waals surface area contributed by atoms with Gasteiger partial charge in [0.25, 0.3) is 0 Å². The van der Waals surface area contributed by atoms with Crippen LogP contribution in [0.4, 0.5) is 0 Å². The van der Waals surface area contributed by atoms with Crippen LogP contribution in [0.5, 0.6) is 11.5 Å². The second-order valence-electron chi connectivity index (χ2n) is 6.22. The average molecular weight is 442 g/mol. The van der Waals surface area contributed by atoms with Crippen molar-refractivity contribution >= 4 is 27.5 Å². The van der Waals surface area contributed by atoms with Gasteiger partial charge in [0.05, 0.1) is 6.61 Å². The highest BCUT2D eigenvalue weighted by molar-refractivity contribution is 9.10. The van der Waals surface area contributed by atoms with Gasteiger partial charge in [0.15, 0.2) is 11.5 Å². The van der Waals surface area contributed by atoms with Gasteiger partial charge >= 0.3 is 0 Å². The molecule has 2 rings (SSSR count). The van der Waals surface area contributed by atoms with Gasteiger partial charge in [0.1, 0.15) is 6.61 Å². The van der Waals surface area contributed by atoms with Crippen LogP contribution < -0.4 is 14.8 Å². The molecular weight excluding hydrogens is 416 g/mol. The Labute approximate surface area is 169 Å². The molecule has 4 nitrogen and oxygen atoms in total. The quantitative estimate of drug-likeness (QED) is 0.540. The van der Waals surface area contributed by atoms with Crippen LogP contribution in [0.25, 0.3) is 0 Å². The Balaban J connectivity index is 2.06. The van der Waals surface area contributed by atoms with Crippen LogP contribution in [0.3, 0.4) is 0 Å². The fraction of sp³-hybridized carbons (Fsp3) is 0.400. The smallest absolute Gasteiger partial charge is 0.162 e. The van der Waals surface area contributed by atoms with Crippen LogP contribution >= 0.6 is 27.5 Å². The molecule has 0 aliphatic rings. The Hall–Kier alpha value is -1.27. The van der Waals surface area contributed by atoms with Gasteiger partial charge in [-0.25, -0.2) is 0 Å². The summed E-state index contributed by atoms with van der Waals surface area (Å²) in [7, 11) is 4.13. The summed E-state index contributed by atoms with van der Waals surface area (Å²) >= 11 is 9.68. The van der Waals surface area contributed by atoms with E-state index in [-0.39, 0.29) is 0 Å². The Morgan fingerprint density at radius 3 is 2.58 bits per heavy atom. The third-order valence-electron chi connectivity index (χ3n) is 3.75. The van der Waals surface area contributed by atoms with E-state index in [2.05, 4.69) is 40.2 Å². The molecular formula is C20H26BrClN2O2. The van der Waals surface area contributed by atoms with Gasteiger partial charge in [-0.3, -0.25) is 0 Å². The normalized spacial score (nSPS) is 11.0. The van der Waals surface area contributed by atoms with E-state index in [9.17, 15) is 0 Å². The summed E-state index contributed by atoms with van der Waals surface area (Å²) in [5.74, 6) is 1.47. The standard InChI is InChI=1S/C20H26BrClN2O2/c1-4-25-19-11-16(13-23-8-9-24(2)3)18(21)12-20(19)26-14-15-6-5-7-17(22)10-15/h5-7,10-12,23H,4,8-9,13-14H2,1-3H3. The van der Waals surface area contributed by atoms with Crippen molar-refractivity contribution in [3.8, 4) is 11.5 Å². The lowest BCUT2D eigenvalue weighted by molar-refractivity contribution is 0.269. The first-order chi connectivity index (χ1) is 12.5. The number of hydrogen-bond donors (Lipinski definition) is 1. The second-order valence-corrected chi connectivity index (χ2v) is 7.51. The summed E-state index contributed by atoms with van der Waals surface area (Å²) in [5, 5.41) is 4.15. The fourth-order valence-corrected chi connectivity index (χ4v) is 3.08. The van der Waals surface area contributed by atoms with Gasteiger partial charge in [-0.15, -0.1) is 0 Å². The zero-order chi connectivity index (χ0) is 18.9. The molecule has 142 valence electrons. The zero-order valence-electron chi connectivity index (χ0n) is 15.5. The zero-order valence-corrected chi connectivity index (χ0v) is 17.9. The third-order valence-corrected chi connectivity index (χ3v) is 4.72. The van der Waals surface area contributed by atoms with E-state index in [1.165, 1.54) is 0 Å². The average Bonchev–Trinajstić information content (AvgIpc) is 2.59. The first kappa shape index (κ1) is 21.0. The summed E-state index contributed by atoms with van der Waals surface area (Å²) in [6.45, 7) is 5.68. The van der Waals surface area contributed by atoms with Gasteiger partial charge in [-0.2, -0.15) is 0 Å². The number of halogens is 2. The number of benzene rings is 2. The molecule has 1 N–H and O–H groups in total. The molecule has 0 fully saturated rings. The molecule has 2 aromatic carbocycles. The monoisotopic (exact) mass is 440 g/mol. The predicted octanol–water partition coefficient (Wildman–Crippen LogP) is 4.73. The third kappa shape index (κ3) is 6.80. The minimum absolute atomic E-state index is 0.438. The van der Waals surface area contributed by atoms with E-state index in [1.807, 2.05) is 43.3 Å². The van der Waals surface area contributed by atoms with Crippen molar-refractivity contribution in [1.29, 1.82) is 0 Å². The summed E-state index contributed by atoms with van der Waals surface area (Å²) in [6, 6.07) is 11.7. The van der Waals surface area contributed by atoms with Crippen molar-refractivity contribution in [2.75, 3.05) is 33.8 Å². The number of nitrogens with zero attached hydrogens (tertiary/aromatic N) is 1. The summed E-state index contributed by atoms with van der Waals surface area (Å²) < 4.78 is 12.8. The molecule has 0 aliphatic heterocycles. The Kier molecular flexibility index (Phi) is 8.72. The first-order valence-electron chi connectivity index (χ1n) is 8.67. The number of nitrogens with one attached hydrogen (secondary N) is 1. The van der Waals surface area contributed by atoms with Gasteiger partial charge in [0, 0.05) is 29.1 Å². The van der Waals surface area contributed by atoms with Crippen molar-refractivity contribution in [3.63, 3.8) is 0 Å². The lowest BCUT2D eigenvalue weighted by Crippen LogP contribution is -2.26. The van der Waals surface area contributed by atoms with E-state index in [1.54, 1.807) is 0 Å². The maximum atomic E-state index is 6.04. The second kappa shape index (κ2) is 10.8. The van der Waals surface area contributed by atoms with Crippen LogP contribution in [0.15, 0.2) is 40.9 Å². The fourth-order valence-electron chi connectivity index (χ4n) is 2.41. The van der Waals surface area contributed by atoms with E-state index in [0.717, 1.165) is 46.7 Å². The highest BCUT2D eigenvalue weighted by Crippen LogP contribution is 2.34. The molecule has 0 heterocycles. The molecule has 26 heavy (non-hydrogen) atoms. The lowest BCUT2D eigenvalue weighted by Gasteiger charge is -2.16. The van der Waals surface area contributed by atoms with Crippen molar-refractivity contribution in [2.24, 2.45) is 0 Å². The SMILES string of the molecule is CCOc1cc(CNCCN(C)C)c(Br)cc1OCc1cccc(Cl)c1. The van der Waals surface area contributed by atoms with Gasteiger partial charge in [-0.1, -0.05) is 39.7 Å². The van der Waals surface area contributed by atoms with E-state index in [0.29, 0.717) is 18.2 Å². The maximum Gasteiger partial charge on any atom is 0.162 e. The molecule has 0 spiro atoms. The molecule has 0 bridgehead atoms. The van der Waals surface area contributed by atoms with Crippen LogP contribution in [-0.4, -0.2) is 38.7 Å². The Bertz CT molecular complexity index is 710. The molecule has 0 saturated carbocycles. The van der Waals surface area contributed by atoms with Crippen LogP contribution in [0.1, 0.15) is 18.1 Å². The summed E-state index contributed by atoms with van der Waals surface area (Å²) in [4.78, 5) is 2.15. The molecule has 0 aliphatic carbocycles. The van der Waals surface area contributed by atoms with Crippen molar-refractivity contribution < 1.29 is 9.47 Å². The predicted molar refractivity (Wildman–Crippen MR) is 111 cm³/mol. The molecule has 0 saturated heterocycles. The molecule has 6 heteroatoms. The van der Waals surface area contributed by atoms with Crippen molar-refractivity contribution in [2.45, 2.75) is 20.1 Å². The Morgan fingerprint density at radius 2 is 1.88 bits per heavy atom. The van der Waals surface area contributed by atoms with Gasteiger partial charge in [0.2, 0.25) is 0 Å². The van der Waals surface area contributed by atoms with Crippen LogP contribution in [-0.2, 0) is 13.2 Å². The molecule has 0 radical (unpaired) electrons. The van der Waals surface area contributed by atoms with E-state index >= 15 is 0 Å².